The lowest BCUT2D eigenvalue weighted by atomic mass is 10.1. The van der Waals surface area contributed by atoms with E-state index in [1.165, 1.54) is 17.3 Å². The molecule has 0 amide bonds. The van der Waals surface area contributed by atoms with Crippen molar-refractivity contribution in [2.45, 2.75) is 13.8 Å². The van der Waals surface area contributed by atoms with Crippen molar-refractivity contribution in [1.29, 1.82) is 0 Å². The number of hydrogen-bond donors (Lipinski definition) is 0. The van der Waals surface area contributed by atoms with Crippen LogP contribution in [0.4, 0.5) is 0 Å². The van der Waals surface area contributed by atoms with Gasteiger partial charge < -0.3 is 0 Å². The second-order valence-corrected chi connectivity index (χ2v) is 4.05. The van der Waals surface area contributed by atoms with Crippen molar-refractivity contribution >= 4 is 16.9 Å². The number of hydrogen-bond acceptors (Lipinski definition) is 2. The Morgan fingerprint density at radius 3 is 2.79 bits per heavy atom. The highest BCUT2D eigenvalue weighted by Gasteiger charge is 1.91. The van der Waals surface area contributed by atoms with E-state index in [4.69, 9.17) is 0 Å². The van der Waals surface area contributed by atoms with E-state index in [1.54, 1.807) is 6.92 Å². The average Bonchev–Trinajstić information content (AvgIpc) is 2.15. The van der Waals surface area contributed by atoms with Crippen LogP contribution in [0.2, 0.25) is 0 Å². The summed E-state index contributed by atoms with van der Waals surface area (Å²) in [6.07, 6.45) is 0. The van der Waals surface area contributed by atoms with Crippen molar-refractivity contribution in [2.75, 3.05) is 5.75 Å². The average molecular weight is 204 g/mol. The van der Waals surface area contributed by atoms with Gasteiger partial charge in [-0.15, -0.1) is 0 Å². The third-order valence-electron chi connectivity index (χ3n) is 1.72. The van der Waals surface area contributed by atoms with Crippen molar-refractivity contribution in [2.24, 2.45) is 0 Å². The zero-order chi connectivity index (χ0) is 10.4. The molecule has 0 spiro atoms. The minimum Gasteiger partial charge on any atom is -0.288 e. The van der Waals surface area contributed by atoms with Crippen LogP contribution in [0.15, 0.2) is 24.3 Å². The molecular weight excluding hydrogens is 192 g/mol. The number of carbonyl (C=O) groups excluding carboxylic acids is 1. The highest BCUT2D eigenvalue weighted by atomic mass is 32.2. The number of carbonyl (C=O) groups is 1. The fourth-order valence-corrected chi connectivity index (χ4v) is 1.33. The summed E-state index contributed by atoms with van der Waals surface area (Å²) >= 11 is 1.24. The summed E-state index contributed by atoms with van der Waals surface area (Å²) in [5, 5.41) is 0.115. The molecule has 0 fully saturated rings. The van der Waals surface area contributed by atoms with Gasteiger partial charge in [-0.1, -0.05) is 41.8 Å². The van der Waals surface area contributed by atoms with Gasteiger partial charge in [0.2, 0.25) is 0 Å². The largest absolute Gasteiger partial charge is 0.288 e. The molecule has 0 aliphatic rings. The summed E-state index contributed by atoms with van der Waals surface area (Å²) in [5.74, 6) is 6.58. The maximum absolute atomic E-state index is 10.6. The number of aryl methyl sites for hydroxylation is 1. The quantitative estimate of drug-likeness (QED) is 0.654. The minimum absolute atomic E-state index is 0.115. The second-order valence-electron chi connectivity index (χ2n) is 2.90. The molecular formula is C12H12OS. The Morgan fingerprint density at radius 2 is 2.14 bits per heavy atom. The van der Waals surface area contributed by atoms with Gasteiger partial charge in [0.1, 0.15) is 0 Å². The molecule has 0 unspecified atom stereocenters. The van der Waals surface area contributed by atoms with E-state index in [1.807, 2.05) is 31.2 Å². The number of benzene rings is 1. The van der Waals surface area contributed by atoms with Crippen LogP contribution in [0.25, 0.3) is 0 Å². The zero-order valence-electron chi connectivity index (χ0n) is 8.33. The Balaban J connectivity index is 2.59. The van der Waals surface area contributed by atoms with Crippen LogP contribution >= 0.6 is 11.8 Å². The summed E-state index contributed by atoms with van der Waals surface area (Å²) in [4.78, 5) is 10.6. The van der Waals surface area contributed by atoms with E-state index in [0.29, 0.717) is 5.75 Å². The highest BCUT2D eigenvalue weighted by Crippen LogP contribution is 2.05. The molecule has 1 nitrogen and oxygen atoms in total. The number of thioether (sulfide) groups is 1. The van der Waals surface area contributed by atoms with Crippen molar-refractivity contribution in [3.8, 4) is 11.8 Å². The minimum atomic E-state index is 0.115. The molecule has 0 saturated heterocycles. The summed E-state index contributed by atoms with van der Waals surface area (Å²) in [5.41, 5.74) is 2.21. The lowest BCUT2D eigenvalue weighted by Crippen LogP contribution is -1.83. The molecule has 0 heterocycles. The molecule has 0 aliphatic heterocycles. The molecule has 0 radical (unpaired) electrons. The van der Waals surface area contributed by atoms with E-state index in [2.05, 4.69) is 11.8 Å². The molecule has 1 aromatic rings. The van der Waals surface area contributed by atoms with Crippen LogP contribution in [0.3, 0.4) is 0 Å². The van der Waals surface area contributed by atoms with Gasteiger partial charge in [0.25, 0.3) is 0 Å². The van der Waals surface area contributed by atoms with Gasteiger partial charge in [-0.25, -0.2) is 0 Å². The molecule has 0 aliphatic carbocycles. The maximum atomic E-state index is 10.6. The number of rotatable bonds is 1. The van der Waals surface area contributed by atoms with Crippen LogP contribution in [-0.2, 0) is 4.79 Å². The summed E-state index contributed by atoms with van der Waals surface area (Å²) in [6.45, 7) is 3.59. The predicted octanol–water partition coefficient (Wildman–Crippen LogP) is 2.63. The Labute approximate surface area is 88.9 Å². The van der Waals surface area contributed by atoms with E-state index in [0.717, 1.165) is 5.56 Å². The summed E-state index contributed by atoms with van der Waals surface area (Å²) < 4.78 is 0. The molecule has 14 heavy (non-hydrogen) atoms. The van der Waals surface area contributed by atoms with Crippen LogP contribution in [0, 0.1) is 18.8 Å². The first kappa shape index (κ1) is 10.9. The third kappa shape index (κ3) is 3.68. The van der Waals surface area contributed by atoms with Gasteiger partial charge >= 0.3 is 0 Å². The van der Waals surface area contributed by atoms with Crippen molar-refractivity contribution in [3.63, 3.8) is 0 Å². The van der Waals surface area contributed by atoms with Gasteiger partial charge in [-0.3, -0.25) is 4.79 Å². The fourth-order valence-electron chi connectivity index (χ4n) is 0.982. The monoisotopic (exact) mass is 204 g/mol. The molecule has 0 aromatic heterocycles. The van der Waals surface area contributed by atoms with E-state index >= 15 is 0 Å². The molecule has 0 bridgehead atoms. The van der Waals surface area contributed by atoms with E-state index < -0.39 is 0 Å². The Bertz CT molecular complexity index is 385. The standard InChI is InChI=1S/C12H12OS/c1-10-6-3-4-7-12(10)8-5-9-14-11(2)13/h3-4,6-7H,9H2,1-2H3. The van der Waals surface area contributed by atoms with Gasteiger partial charge in [0.05, 0.1) is 5.75 Å². The zero-order valence-corrected chi connectivity index (χ0v) is 9.15. The van der Waals surface area contributed by atoms with Crippen LogP contribution in [-0.4, -0.2) is 10.9 Å². The fraction of sp³-hybridized carbons (Fsp3) is 0.250. The van der Waals surface area contributed by atoms with Crippen LogP contribution in [0.5, 0.6) is 0 Å². The van der Waals surface area contributed by atoms with Gasteiger partial charge in [0.15, 0.2) is 5.12 Å². The van der Waals surface area contributed by atoms with Crippen LogP contribution in [0.1, 0.15) is 18.1 Å². The van der Waals surface area contributed by atoms with E-state index in [9.17, 15) is 4.79 Å². The van der Waals surface area contributed by atoms with Gasteiger partial charge in [-0.2, -0.15) is 0 Å². The molecule has 0 atom stereocenters. The molecule has 72 valence electrons. The molecule has 2 heteroatoms. The first-order valence-corrected chi connectivity index (χ1v) is 5.36. The smallest absolute Gasteiger partial charge is 0.186 e. The second kappa shape index (κ2) is 5.51. The molecule has 0 N–H and O–H groups in total. The summed E-state index contributed by atoms with van der Waals surface area (Å²) in [7, 11) is 0. The maximum Gasteiger partial charge on any atom is 0.186 e. The lowest BCUT2D eigenvalue weighted by molar-refractivity contribution is -0.109. The lowest BCUT2D eigenvalue weighted by Gasteiger charge is -1.94. The van der Waals surface area contributed by atoms with Crippen LogP contribution < -0.4 is 0 Å². The summed E-state index contributed by atoms with van der Waals surface area (Å²) in [6, 6.07) is 7.98. The first-order chi connectivity index (χ1) is 6.70. The Kier molecular flexibility index (Phi) is 4.28. The topological polar surface area (TPSA) is 17.1 Å². The Hall–Kier alpha value is -1.20. The van der Waals surface area contributed by atoms with E-state index in [-0.39, 0.29) is 5.12 Å². The predicted molar refractivity (Wildman–Crippen MR) is 61.2 cm³/mol. The first-order valence-electron chi connectivity index (χ1n) is 4.38. The Morgan fingerprint density at radius 1 is 1.43 bits per heavy atom. The van der Waals surface area contributed by atoms with Gasteiger partial charge in [0, 0.05) is 12.5 Å². The SMILES string of the molecule is CC(=O)SCC#Cc1ccccc1C. The third-order valence-corrected chi connectivity index (χ3v) is 2.41. The highest BCUT2D eigenvalue weighted by molar-refractivity contribution is 8.13. The molecule has 1 rings (SSSR count). The molecule has 1 aromatic carbocycles. The van der Waals surface area contributed by atoms with Crippen molar-refractivity contribution in [3.05, 3.63) is 35.4 Å². The van der Waals surface area contributed by atoms with Gasteiger partial charge in [-0.05, 0) is 18.6 Å². The molecule has 0 saturated carbocycles. The van der Waals surface area contributed by atoms with Crippen molar-refractivity contribution < 1.29 is 4.79 Å². The van der Waals surface area contributed by atoms with Crippen molar-refractivity contribution in [1.82, 2.24) is 0 Å². The normalized spacial score (nSPS) is 9.00.